The molecule has 1 amide bonds. The Hall–Kier alpha value is -1.14. The summed E-state index contributed by atoms with van der Waals surface area (Å²) in [6.45, 7) is 3.88. The number of rotatable bonds is 6. The molecule has 0 saturated carbocycles. The lowest BCUT2D eigenvalue weighted by atomic mass is 9.92. The highest BCUT2D eigenvalue weighted by Gasteiger charge is 2.39. The molecule has 1 rings (SSSR count). The molecule has 0 aromatic rings. The molecule has 6 nitrogen and oxygen atoms in total. The molecule has 1 aliphatic rings. The first-order chi connectivity index (χ1) is 8.49. The first-order valence-electron chi connectivity index (χ1n) is 6.40. The molecule has 2 atom stereocenters. The maximum atomic E-state index is 12.0. The number of nitrogens with one attached hydrogen (secondary N) is 1. The van der Waals surface area contributed by atoms with Crippen LogP contribution in [0, 0.1) is 0 Å². The summed E-state index contributed by atoms with van der Waals surface area (Å²) in [6.07, 6.45) is 1.36. The van der Waals surface area contributed by atoms with Gasteiger partial charge in [-0.15, -0.1) is 0 Å². The summed E-state index contributed by atoms with van der Waals surface area (Å²) >= 11 is 0. The first kappa shape index (κ1) is 14.9. The minimum atomic E-state index is -1.19. The molecular weight excluding hydrogens is 236 g/mol. The second kappa shape index (κ2) is 6.15. The van der Waals surface area contributed by atoms with Crippen molar-refractivity contribution in [2.75, 3.05) is 6.54 Å². The lowest BCUT2D eigenvalue weighted by Gasteiger charge is -2.29. The van der Waals surface area contributed by atoms with Gasteiger partial charge in [0.1, 0.15) is 11.6 Å². The third-order valence-electron chi connectivity index (χ3n) is 3.64. The van der Waals surface area contributed by atoms with Gasteiger partial charge in [0.2, 0.25) is 5.91 Å². The second-order valence-electron chi connectivity index (χ2n) is 4.64. The molecule has 1 heterocycles. The molecule has 104 valence electrons. The summed E-state index contributed by atoms with van der Waals surface area (Å²) in [5, 5.41) is 11.8. The van der Waals surface area contributed by atoms with Gasteiger partial charge in [0, 0.05) is 6.54 Å². The number of carboxylic acid groups (broad SMARTS) is 1. The van der Waals surface area contributed by atoms with Crippen LogP contribution in [0.4, 0.5) is 0 Å². The normalized spacial score (nSPS) is 23.9. The van der Waals surface area contributed by atoms with Crippen LogP contribution >= 0.6 is 0 Å². The lowest BCUT2D eigenvalue weighted by molar-refractivity contribution is -0.150. The van der Waals surface area contributed by atoms with Gasteiger partial charge in [-0.1, -0.05) is 13.8 Å². The summed E-state index contributed by atoms with van der Waals surface area (Å²) in [5.41, 5.74) is 4.28. The SMILES string of the molecule is CCC(CC)(NC(=O)C1CCC(CN)O1)C(=O)O. The summed E-state index contributed by atoms with van der Waals surface area (Å²) in [5.74, 6) is -1.36. The summed E-state index contributed by atoms with van der Waals surface area (Å²) in [4.78, 5) is 23.3. The van der Waals surface area contributed by atoms with E-state index in [-0.39, 0.29) is 12.0 Å². The molecule has 4 N–H and O–H groups in total. The fourth-order valence-corrected chi connectivity index (χ4v) is 2.17. The van der Waals surface area contributed by atoms with Crippen LogP contribution in [0.1, 0.15) is 39.5 Å². The van der Waals surface area contributed by atoms with Gasteiger partial charge < -0.3 is 20.9 Å². The Morgan fingerprint density at radius 3 is 2.39 bits per heavy atom. The Balaban J connectivity index is 2.65. The quantitative estimate of drug-likeness (QED) is 0.634. The first-order valence-corrected chi connectivity index (χ1v) is 6.40. The molecule has 0 aliphatic carbocycles. The average Bonchev–Trinajstić information content (AvgIpc) is 2.84. The molecule has 1 saturated heterocycles. The topological polar surface area (TPSA) is 102 Å². The van der Waals surface area contributed by atoms with Crippen LogP contribution in [-0.4, -0.2) is 41.3 Å². The molecule has 0 aromatic carbocycles. The number of ether oxygens (including phenoxy) is 1. The van der Waals surface area contributed by atoms with Crippen LogP contribution in [0.3, 0.4) is 0 Å². The second-order valence-corrected chi connectivity index (χ2v) is 4.64. The van der Waals surface area contributed by atoms with E-state index in [1.807, 2.05) is 0 Å². The molecule has 18 heavy (non-hydrogen) atoms. The van der Waals surface area contributed by atoms with Crippen LogP contribution in [0.5, 0.6) is 0 Å². The highest BCUT2D eigenvalue weighted by Crippen LogP contribution is 2.21. The Morgan fingerprint density at radius 1 is 1.39 bits per heavy atom. The molecule has 0 radical (unpaired) electrons. The summed E-state index contributed by atoms with van der Waals surface area (Å²) in [6, 6.07) is 0. The van der Waals surface area contributed by atoms with Crippen LogP contribution in [0.15, 0.2) is 0 Å². The van der Waals surface area contributed by atoms with Gasteiger partial charge in [-0.2, -0.15) is 0 Å². The maximum Gasteiger partial charge on any atom is 0.329 e. The minimum Gasteiger partial charge on any atom is -0.480 e. The number of carboxylic acids is 1. The van der Waals surface area contributed by atoms with Crippen molar-refractivity contribution in [2.24, 2.45) is 5.73 Å². The van der Waals surface area contributed by atoms with Crippen molar-refractivity contribution < 1.29 is 19.4 Å². The molecule has 1 fully saturated rings. The lowest BCUT2D eigenvalue weighted by Crippen LogP contribution is -2.56. The van der Waals surface area contributed by atoms with Gasteiger partial charge in [0.15, 0.2) is 0 Å². The molecule has 6 heteroatoms. The highest BCUT2D eigenvalue weighted by molar-refractivity contribution is 5.89. The Labute approximate surface area is 107 Å². The van der Waals surface area contributed by atoms with E-state index in [1.165, 1.54) is 0 Å². The van der Waals surface area contributed by atoms with E-state index < -0.39 is 17.6 Å². The molecular formula is C12H22N2O4. The molecule has 0 spiro atoms. The number of amides is 1. The molecule has 0 bridgehead atoms. The largest absolute Gasteiger partial charge is 0.480 e. The van der Waals surface area contributed by atoms with Gasteiger partial charge in [0.05, 0.1) is 6.10 Å². The smallest absolute Gasteiger partial charge is 0.329 e. The zero-order chi connectivity index (χ0) is 13.8. The number of hydrogen-bond donors (Lipinski definition) is 3. The van der Waals surface area contributed by atoms with Crippen molar-refractivity contribution >= 4 is 11.9 Å². The zero-order valence-corrected chi connectivity index (χ0v) is 10.9. The molecule has 2 unspecified atom stereocenters. The van der Waals surface area contributed by atoms with Gasteiger partial charge in [-0.25, -0.2) is 4.79 Å². The van der Waals surface area contributed by atoms with Gasteiger partial charge >= 0.3 is 5.97 Å². The van der Waals surface area contributed by atoms with E-state index in [0.29, 0.717) is 25.8 Å². The number of aliphatic carboxylic acids is 1. The van der Waals surface area contributed by atoms with Gasteiger partial charge in [0.25, 0.3) is 0 Å². The van der Waals surface area contributed by atoms with Crippen molar-refractivity contribution in [3.05, 3.63) is 0 Å². The number of carbonyl (C=O) groups is 2. The van der Waals surface area contributed by atoms with Crippen molar-refractivity contribution in [2.45, 2.75) is 57.3 Å². The highest BCUT2D eigenvalue weighted by atomic mass is 16.5. The summed E-state index contributed by atoms with van der Waals surface area (Å²) < 4.78 is 5.46. The molecule has 1 aliphatic heterocycles. The van der Waals surface area contributed by atoms with Crippen molar-refractivity contribution in [3.63, 3.8) is 0 Å². The maximum absolute atomic E-state index is 12.0. The number of nitrogens with two attached hydrogens (primary N) is 1. The van der Waals surface area contributed by atoms with Crippen molar-refractivity contribution in [3.8, 4) is 0 Å². The Kier molecular flexibility index (Phi) is 5.10. The average molecular weight is 258 g/mol. The van der Waals surface area contributed by atoms with E-state index in [4.69, 9.17) is 10.5 Å². The predicted octanol–water partition coefficient (Wildman–Crippen LogP) is 0.252. The summed E-state index contributed by atoms with van der Waals surface area (Å²) in [7, 11) is 0. The van der Waals surface area contributed by atoms with E-state index in [2.05, 4.69) is 5.32 Å². The van der Waals surface area contributed by atoms with E-state index in [9.17, 15) is 14.7 Å². The van der Waals surface area contributed by atoms with Crippen molar-refractivity contribution in [1.29, 1.82) is 0 Å². The predicted molar refractivity (Wildman–Crippen MR) is 66.0 cm³/mol. The van der Waals surface area contributed by atoms with E-state index in [1.54, 1.807) is 13.8 Å². The monoisotopic (exact) mass is 258 g/mol. The molecule has 0 aromatic heterocycles. The van der Waals surface area contributed by atoms with Crippen LogP contribution in [0.25, 0.3) is 0 Å². The van der Waals surface area contributed by atoms with Gasteiger partial charge in [-0.05, 0) is 25.7 Å². The minimum absolute atomic E-state index is 0.0942. The third kappa shape index (κ3) is 3.00. The number of carbonyl (C=O) groups excluding carboxylic acids is 1. The van der Waals surface area contributed by atoms with E-state index >= 15 is 0 Å². The number of hydrogen-bond acceptors (Lipinski definition) is 4. The fraction of sp³-hybridized carbons (Fsp3) is 0.833. The van der Waals surface area contributed by atoms with E-state index in [0.717, 1.165) is 6.42 Å². The van der Waals surface area contributed by atoms with Crippen molar-refractivity contribution in [1.82, 2.24) is 5.32 Å². The van der Waals surface area contributed by atoms with Crippen LogP contribution < -0.4 is 11.1 Å². The van der Waals surface area contributed by atoms with Crippen LogP contribution in [0.2, 0.25) is 0 Å². The zero-order valence-electron chi connectivity index (χ0n) is 10.9. The Bertz CT molecular complexity index is 315. The Morgan fingerprint density at radius 2 is 2.00 bits per heavy atom. The van der Waals surface area contributed by atoms with Crippen LogP contribution in [-0.2, 0) is 14.3 Å². The standard InChI is InChI=1S/C12H22N2O4/c1-3-12(4-2,11(16)17)14-10(15)9-6-5-8(7-13)18-9/h8-9H,3-7,13H2,1-2H3,(H,14,15)(H,16,17). The fourth-order valence-electron chi connectivity index (χ4n) is 2.17. The third-order valence-corrected chi connectivity index (χ3v) is 3.64. The van der Waals surface area contributed by atoms with Gasteiger partial charge in [-0.3, -0.25) is 4.79 Å².